The molecule has 0 rings (SSSR count). The van der Waals surface area contributed by atoms with Gasteiger partial charge in [-0.3, -0.25) is 14.1 Å². The molecule has 1 atom stereocenters. The number of phosphoric ester groups is 1. The van der Waals surface area contributed by atoms with E-state index in [4.69, 9.17) is 19.3 Å². The molecule has 8 nitrogen and oxygen atoms in total. The van der Waals surface area contributed by atoms with Crippen LogP contribution in [0.1, 0.15) is 168 Å². The van der Waals surface area contributed by atoms with Crippen LogP contribution >= 0.6 is 7.82 Å². The molecule has 0 aromatic heterocycles. The summed E-state index contributed by atoms with van der Waals surface area (Å²) in [5.74, 6) is -0.995. The minimum atomic E-state index is -4.78. The van der Waals surface area contributed by atoms with Crippen molar-refractivity contribution in [2.75, 3.05) is 13.2 Å². The third-order valence-electron chi connectivity index (χ3n) is 8.56. The van der Waals surface area contributed by atoms with Crippen molar-refractivity contribution in [3.8, 4) is 0 Å². The highest BCUT2D eigenvalue weighted by Crippen LogP contribution is 2.36. The van der Waals surface area contributed by atoms with Gasteiger partial charge in [-0.1, -0.05) is 162 Å². The molecule has 0 aromatic rings. The first-order chi connectivity index (χ1) is 27.3. The zero-order valence-electron chi connectivity index (χ0n) is 35.0. The lowest BCUT2D eigenvalue weighted by Gasteiger charge is -2.18. The summed E-state index contributed by atoms with van der Waals surface area (Å²) in [6.07, 6.45) is 57.1. The van der Waals surface area contributed by atoms with Crippen molar-refractivity contribution >= 4 is 19.8 Å². The number of rotatable bonds is 38. The van der Waals surface area contributed by atoms with Crippen LogP contribution in [0.15, 0.2) is 97.2 Å². The van der Waals surface area contributed by atoms with E-state index in [9.17, 15) is 14.2 Å². The first kappa shape index (κ1) is 53.0. The molecule has 0 spiro atoms. The number of allylic oxidation sites excluding steroid dienone is 16. The van der Waals surface area contributed by atoms with Crippen molar-refractivity contribution in [2.45, 2.75) is 174 Å². The van der Waals surface area contributed by atoms with Gasteiger partial charge < -0.3 is 19.3 Å². The topological polar surface area (TPSA) is 119 Å². The van der Waals surface area contributed by atoms with Gasteiger partial charge >= 0.3 is 19.8 Å². The molecule has 9 heteroatoms. The number of hydrogen-bond acceptors (Lipinski definition) is 6. The summed E-state index contributed by atoms with van der Waals surface area (Å²) < 4.78 is 26.3. The molecule has 0 amide bonds. The second-order valence-electron chi connectivity index (χ2n) is 14.0. The van der Waals surface area contributed by atoms with Gasteiger partial charge in [0.05, 0.1) is 6.61 Å². The molecule has 2 N–H and O–H groups in total. The zero-order valence-corrected chi connectivity index (χ0v) is 35.9. The Morgan fingerprint density at radius 3 is 1.32 bits per heavy atom. The van der Waals surface area contributed by atoms with Crippen LogP contribution in [-0.2, 0) is 28.2 Å². The van der Waals surface area contributed by atoms with Gasteiger partial charge in [-0.05, 0) is 89.9 Å². The monoisotopic (exact) mass is 801 g/mol. The van der Waals surface area contributed by atoms with Crippen molar-refractivity contribution in [3.05, 3.63) is 97.2 Å². The fourth-order valence-electron chi connectivity index (χ4n) is 5.36. The van der Waals surface area contributed by atoms with Gasteiger partial charge in [0.15, 0.2) is 6.10 Å². The smallest absolute Gasteiger partial charge is 0.462 e. The lowest BCUT2D eigenvalue weighted by molar-refractivity contribution is -0.161. The van der Waals surface area contributed by atoms with Crippen molar-refractivity contribution in [1.29, 1.82) is 0 Å². The number of ether oxygens (including phenoxy) is 2. The average molecular weight is 801 g/mol. The minimum Gasteiger partial charge on any atom is -0.462 e. The number of hydrogen-bond donors (Lipinski definition) is 2. The Bertz CT molecular complexity index is 1220. The van der Waals surface area contributed by atoms with Crippen molar-refractivity contribution < 1.29 is 37.9 Å². The molecule has 0 saturated carbocycles. The van der Waals surface area contributed by atoms with E-state index in [1.807, 2.05) is 6.08 Å². The minimum absolute atomic E-state index is 0.123. The first-order valence-electron chi connectivity index (χ1n) is 21.5. The van der Waals surface area contributed by atoms with Gasteiger partial charge in [-0.2, -0.15) is 0 Å². The van der Waals surface area contributed by atoms with Crippen LogP contribution in [0.3, 0.4) is 0 Å². The number of unbranched alkanes of at least 4 members (excludes halogenated alkanes) is 12. The summed E-state index contributed by atoms with van der Waals surface area (Å²) in [4.78, 5) is 42.8. The van der Waals surface area contributed by atoms with E-state index in [0.717, 1.165) is 64.2 Å². The van der Waals surface area contributed by atoms with Gasteiger partial charge in [0.2, 0.25) is 0 Å². The summed E-state index contributed by atoms with van der Waals surface area (Å²) in [6.45, 7) is 3.53. The molecule has 0 aliphatic carbocycles. The number of carbonyl (C=O) groups is 2. The molecule has 318 valence electrons. The van der Waals surface area contributed by atoms with Gasteiger partial charge in [0, 0.05) is 12.8 Å². The lowest BCUT2D eigenvalue weighted by Crippen LogP contribution is -2.29. The van der Waals surface area contributed by atoms with E-state index in [1.54, 1.807) is 0 Å². The SMILES string of the molecule is CCC/C=C/C/C=C/C/C=C/C/C=C/CCCCCC(=O)OC[C@H](COP(=O)(O)O)OC(=O)CCC/C=C/C/C=C/C/C=C/C/C=C/CCCCCCCCC. The first-order valence-corrected chi connectivity index (χ1v) is 23.1. The highest BCUT2D eigenvalue weighted by Gasteiger charge is 2.22. The Balaban J connectivity index is 4.10. The Morgan fingerprint density at radius 1 is 0.464 bits per heavy atom. The highest BCUT2D eigenvalue weighted by molar-refractivity contribution is 7.46. The Labute approximate surface area is 341 Å². The van der Waals surface area contributed by atoms with Crippen LogP contribution in [0, 0.1) is 0 Å². The summed E-state index contributed by atoms with van der Waals surface area (Å²) in [5.41, 5.74) is 0. The maximum atomic E-state index is 12.4. The molecule has 56 heavy (non-hydrogen) atoms. The number of esters is 2. The van der Waals surface area contributed by atoms with Crippen LogP contribution in [0.4, 0.5) is 0 Å². The van der Waals surface area contributed by atoms with Crippen LogP contribution < -0.4 is 0 Å². The van der Waals surface area contributed by atoms with Crippen molar-refractivity contribution in [3.63, 3.8) is 0 Å². The Kier molecular flexibility index (Phi) is 39.3. The number of phosphoric acid groups is 1. The van der Waals surface area contributed by atoms with Gasteiger partial charge in [0.25, 0.3) is 0 Å². The van der Waals surface area contributed by atoms with Crippen LogP contribution in [0.5, 0.6) is 0 Å². The molecule has 0 radical (unpaired) electrons. The maximum Gasteiger partial charge on any atom is 0.469 e. The second kappa shape index (κ2) is 41.6. The molecule has 0 aromatic carbocycles. The fourth-order valence-corrected chi connectivity index (χ4v) is 5.72. The summed E-state index contributed by atoms with van der Waals surface area (Å²) >= 11 is 0. The average Bonchev–Trinajstić information content (AvgIpc) is 3.17. The second-order valence-corrected chi connectivity index (χ2v) is 15.2. The predicted molar refractivity (Wildman–Crippen MR) is 234 cm³/mol. The molecule has 0 aliphatic heterocycles. The van der Waals surface area contributed by atoms with Gasteiger partial charge in [0.1, 0.15) is 6.61 Å². The van der Waals surface area contributed by atoms with Gasteiger partial charge in [-0.25, -0.2) is 4.57 Å². The molecule has 0 aliphatic rings. The zero-order chi connectivity index (χ0) is 41.1. The quantitative estimate of drug-likeness (QED) is 0.0274. The summed E-state index contributed by atoms with van der Waals surface area (Å²) in [7, 11) is -4.78. The summed E-state index contributed by atoms with van der Waals surface area (Å²) in [6, 6.07) is 0. The van der Waals surface area contributed by atoms with Crippen LogP contribution in [-0.4, -0.2) is 41.0 Å². The van der Waals surface area contributed by atoms with Crippen molar-refractivity contribution in [1.82, 2.24) is 0 Å². The molecule has 0 heterocycles. The van der Waals surface area contributed by atoms with Crippen LogP contribution in [0.25, 0.3) is 0 Å². The van der Waals surface area contributed by atoms with E-state index >= 15 is 0 Å². The van der Waals surface area contributed by atoms with E-state index in [2.05, 4.69) is 110 Å². The third-order valence-corrected chi connectivity index (χ3v) is 9.04. The van der Waals surface area contributed by atoms with E-state index < -0.39 is 32.5 Å². The van der Waals surface area contributed by atoms with E-state index in [1.165, 1.54) is 57.8 Å². The third kappa shape index (κ3) is 43.7. The summed E-state index contributed by atoms with van der Waals surface area (Å²) in [5, 5.41) is 0. The number of carbonyl (C=O) groups excluding carboxylic acids is 2. The van der Waals surface area contributed by atoms with Crippen LogP contribution in [0.2, 0.25) is 0 Å². The normalized spacial score (nSPS) is 13.4. The fraction of sp³-hybridized carbons (Fsp3) is 0.617. The molecule has 0 fully saturated rings. The molecular formula is C47H77O8P. The standard InChI is InChI=1S/C47H77O8P/c1-3-5-7-9-11-13-15-17-19-21-22-23-24-26-28-30-32-34-36-38-40-42-47(49)55-45(44-54-56(50,51)52)43-53-46(48)41-39-37-35-33-31-29-27-25-20-18-16-14-12-10-8-6-4-2/h8,10,14,16,19-21,23-25,28-31,34,36,45H,3-7,9,11-13,15,17-18,22,26-27,32-33,35,37-44H2,1-2H3,(H2,50,51,52)/b10-8+,16-14+,21-19+,24-23+,25-20+,30-28+,31-29+,36-34+/t45-/m1/s1. The predicted octanol–water partition coefficient (Wildman–Crippen LogP) is 13.4. The molecule has 0 unspecified atom stereocenters. The van der Waals surface area contributed by atoms with E-state index in [-0.39, 0.29) is 19.4 Å². The Hall–Kier alpha value is -3.03. The highest BCUT2D eigenvalue weighted by atomic mass is 31.2. The molecule has 0 saturated heterocycles. The van der Waals surface area contributed by atoms with E-state index in [0.29, 0.717) is 19.3 Å². The molecular weight excluding hydrogens is 723 g/mol. The Morgan fingerprint density at radius 2 is 0.857 bits per heavy atom. The molecule has 0 bridgehead atoms. The maximum absolute atomic E-state index is 12.4. The lowest BCUT2D eigenvalue weighted by atomic mass is 10.1. The largest absolute Gasteiger partial charge is 0.469 e. The van der Waals surface area contributed by atoms with Gasteiger partial charge in [-0.15, -0.1) is 0 Å². The van der Waals surface area contributed by atoms with Crippen molar-refractivity contribution in [2.24, 2.45) is 0 Å².